The molecule has 13 heavy (non-hydrogen) atoms. The third-order valence-corrected chi connectivity index (χ3v) is 1.90. The Kier molecular flexibility index (Phi) is 6.21. The molecule has 0 aromatic heterocycles. The number of aliphatic imine (C=N–C) groups is 1. The molecule has 74 valence electrons. The smallest absolute Gasteiger partial charge is 0.0428 e. The average molecular weight is 179 g/mol. The van der Waals surface area contributed by atoms with Crippen molar-refractivity contribution in [3.8, 4) is 0 Å². The van der Waals surface area contributed by atoms with E-state index in [1.807, 2.05) is 19.9 Å². The molecule has 0 aliphatic heterocycles. The second-order valence-corrected chi connectivity index (χ2v) is 3.32. The van der Waals surface area contributed by atoms with E-state index in [0.29, 0.717) is 5.92 Å². The van der Waals surface area contributed by atoms with E-state index in [1.54, 1.807) is 0 Å². The molecule has 1 heteroatoms. The molecule has 0 amide bonds. The molecule has 0 aromatic rings. The Labute approximate surface area is 82.3 Å². The van der Waals surface area contributed by atoms with E-state index in [2.05, 4.69) is 37.9 Å². The first-order chi connectivity index (χ1) is 6.15. The van der Waals surface area contributed by atoms with Crippen LogP contribution in [0.5, 0.6) is 0 Å². The summed E-state index contributed by atoms with van der Waals surface area (Å²) in [6, 6.07) is 0. The predicted molar refractivity (Wildman–Crippen MR) is 61.1 cm³/mol. The van der Waals surface area contributed by atoms with Crippen LogP contribution in [-0.2, 0) is 0 Å². The summed E-state index contributed by atoms with van der Waals surface area (Å²) in [5.74, 6) is 0.498. The number of rotatable bonds is 4. The molecule has 0 N–H and O–H groups in total. The molecule has 0 saturated heterocycles. The molecule has 0 spiro atoms. The number of allylic oxidation sites excluding steroid dienone is 4. The summed E-state index contributed by atoms with van der Waals surface area (Å²) in [5.41, 5.74) is 2.33. The Morgan fingerprint density at radius 1 is 1.31 bits per heavy atom. The van der Waals surface area contributed by atoms with Crippen LogP contribution >= 0.6 is 0 Å². The van der Waals surface area contributed by atoms with Crippen molar-refractivity contribution in [2.75, 3.05) is 0 Å². The molecule has 0 rings (SSSR count). The van der Waals surface area contributed by atoms with Crippen LogP contribution in [0, 0.1) is 5.92 Å². The van der Waals surface area contributed by atoms with Gasteiger partial charge in [0.15, 0.2) is 0 Å². The maximum Gasteiger partial charge on any atom is 0.0428 e. The molecular weight excluding hydrogens is 158 g/mol. The Morgan fingerprint density at radius 3 is 2.23 bits per heavy atom. The van der Waals surface area contributed by atoms with Crippen molar-refractivity contribution in [3.63, 3.8) is 0 Å². The van der Waals surface area contributed by atoms with Crippen molar-refractivity contribution in [2.45, 2.75) is 41.0 Å². The van der Waals surface area contributed by atoms with Crippen LogP contribution in [0.25, 0.3) is 0 Å². The molecule has 1 nitrogen and oxygen atoms in total. The molecule has 0 unspecified atom stereocenters. The standard InChI is InChI=1S/C12H21N/c1-6-9-12(10(4)5)13-11(7-2)8-3/h6-7,9-10H,8H2,1-5H3/b9-6-,11-7-,13-12-. The molecular formula is C12H21N. The van der Waals surface area contributed by atoms with Gasteiger partial charge in [0.05, 0.1) is 0 Å². The number of nitrogens with zero attached hydrogens (tertiary/aromatic N) is 1. The van der Waals surface area contributed by atoms with E-state index in [9.17, 15) is 0 Å². The van der Waals surface area contributed by atoms with E-state index in [4.69, 9.17) is 0 Å². The highest BCUT2D eigenvalue weighted by Gasteiger charge is 2.00. The highest BCUT2D eigenvalue weighted by atomic mass is 14.8. The summed E-state index contributed by atoms with van der Waals surface area (Å²) in [5, 5.41) is 0. The Bertz CT molecular complexity index is 219. The van der Waals surface area contributed by atoms with Crippen molar-refractivity contribution in [2.24, 2.45) is 10.9 Å². The van der Waals surface area contributed by atoms with Crippen molar-refractivity contribution in [1.29, 1.82) is 0 Å². The van der Waals surface area contributed by atoms with Gasteiger partial charge >= 0.3 is 0 Å². The van der Waals surface area contributed by atoms with E-state index < -0.39 is 0 Å². The van der Waals surface area contributed by atoms with E-state index in [1.165, 1.54) is 5.70 Å². The predicted octanol–water partition coefficient (Wildman–Crippen LogP) is 3.97. The van der Waals surface area contributed by atoms with Gasteiger partial charge in [0.2, 0.25) is 0 Å². The Balaban J connectivity index is 4.71. The molecule has 0 radical (unpaired) electrons. The normalized spacial score (nSPS) is 14.6. The van der Waals surface area contributed by atoms with Crippen LogP contribution in [0.15, 0.2) is 28.9 Å². The first kappa shape index (κ1) is 12.2. The van der Waals surface area contributed by atoms with Gasteiger partial charge in [-0.25, -0.2) is 0 Å². The lowest BCUT2D eigenvalue weighted by atomic mass is 10.1. The van der Waals surface area contributed by atoms with E-state index in [0.717, 1.165) is 12.1 Å². The molecule has 0 bridgehead atoms. The summed E-state index contributed by atoms with van der Waals surface area (Å²) in [4.78, 5) is 4.59. The van der Waals surface area contributed by atoms with Gasteiger partial charge in [-0.05, 0) is 32.3 Å². The van der Waals surface area contributed by atoms with E-state index in [-0.39, 0.29) is 0 Å². The third-order valence-electron chi connectivity index (χ3n) is 1.90. The number of hydrogen-bond acceptors (Lipinski definition) is 1. The molecule has 0 heterocycles. The van der Waals surface area contributed by atoms with Crippen LogP contribution in [0.2, 0.25) is 0 Å². The van der Waals surface area contributed by atoms with Crippen LogP contribution in [0.3, 0.4) is 0 Å². The van der Waals surface area contributed by atoms with Gasteiger partial charge in [0.25, 0.3) is 0 Å². The molecule has 0 aliphatic carbocycles. The monoisotopic (exact) mass is 179 g/mol. The summed E-state index contributed by atoms with van der Waals surface area (Å²) in [6.07, 6.45) is 7.21. The molecule has 0 saturated carbocycles. The molecule has 0 aliphatic rings. The Hall–Kier alpha value is -0.850. The van der Waals surface area contributed by atoms with Gasteiger partial charge < -0.3 is 0 Å². The third kappa shape index (κ3) is 4.66. The number of hydrogen-bond donors (Lipinski definition) is 0. The van der Waals surface area contributed by atoms with Gasteiger partial charge in [0.1, 0.15) is 0 Å². The SMILES string of the molecule is C\C=C/C(=N/C(=C\C)CC)C(C)C. The molecule has 0 atom stereocenters. The van der Waals surface area contributed by atoms with E-state index >= 15 is 0 Å². The quantitative estimate of drug-likeness (QED) is 0.579. The first-order valence-electron chi connectivity index (χ1n) is 5.02. The zero-order chi connectivity index (χ0) is 10.3. The van der Waals surface area contributed by atoms with Crippen LogP contribution < -0.4 is 0 Å². The van der Waals surface area contributed by atoms with Crippen molar-refractivity contribution in [3.05, 3.63) is 23.9 Å². The van der Waals surface area contributed by atoms with Gasteiger partial charge in [-0.15, -0.1) is 0 Å². The lowest BCUT2D eigenvalue weighted by Gasteiger charge is -2.06. The minimum atomic E-state index is 0.498. The second kappa shape index (κ2) is 6.64. The maximum atomic E-state index is 4.59. The summed E-state index contributed by atoms with van der Waals surface area (Å²) < 4.78 is 0. The molecule has 0 fully saturated rings. The first-order valence-corrected chi connectivity index (χ1v) is 5.02. The van der Waals surface area contributed by atoms with Crippen molar-refractivity contribution >= 4 is 5.71 Å². The lowest BCUT2D eigenvalue weighted by molar-refractivity contribution is 0.880. The highest BCUT2D eigenvalue weighted by molar-refractivity contribution is 5.96. The minimum Gasteiger partial charge on any atom is -0.258 e. The highest BCUT2D eigenvalue weighted by Crippen LogP contribution is 2.07. The molecule has 0 aromatic carbocycles. The van der Waals surface area contributed by atoms with Crippen molar-refractivity contribution < 1.29 is 0 Å². The van der Waals surface area contributed by atoms with Gasteiger partial charge in [-0.2, -0.15) is 0 Å². The summed E-state index contributed by atoms with van der Waals surface area (Å²) >= 11 is 0. The largest absolute Gasteiger partial charge is 0.258 e. The second-order valence-electron chi connectivity index (χ2n) is 3.32. The zero-order valence-corrected chi connectivity index (χ0v) is 9.46. The average Bonchev–Trinajstić information content (AvgIpc) is 2.11. The van der Waals surface area contributed by atoms with Crippen LogP contribution in [0.1, 0.15) is 41.0 Å². The van der Waals surface area contributed by atoms with Crippen LogP contribution in [-0.4, -0.2) is 5.71 Å². The Morgan fingerprint density at radius 2 is 1.92 bits per heavy atom. The minimum absolute atomic E-state index is 0.498. The van der Waals surface area contributed by atoms with Gasteiger partial charge in [0, 0.05) is 11.4 Å². The summed E-state index contributed by atoms with van der Waals surface area (Å²) in [6.45, 7) is 10.5. The van der Waals surface area contributed by atoms with Gasteiger partial charge in [-0.1, -0.05) is 32.9 Å². The van der Waals surface area contributed by atoms with Crippen LogP contribution in [0.4, 0.5) is 0 Å². The fourth-order valence-electron chi connectivity index (χ4n) is 1.04. The maximum absolute atomic E-state index is 4.59. The lowest BCUT2D eigenvalue weighted by Crippen LogP contribution is -2.04. The zero-order valence-electron chi connectivity index (χ0n) is 9.46. The van der Waals surface area contributed by atoms with Gasteiger partial charge in [-0.3, -0.25) is 4.99 Å². The fourth-order valence-corrected chi connectivity index (χ4v) is 1.04. The van der Waals surface area contributed by atoms with Crippen molar-refractivity contribution in [1.82, 2.24) is 0 Å². The summed E-state index contributed by atoms with van der Waals surface area (Å²) in [7, 11) is 0. The fraction of sp³-hybridized carbons (Fsp3) is 0.583. The topological polar surface area (TPSA) is 12.4 Å².